The SMILES string of the molecule is COc1cc(Br)c(C(c2ccccc2Br)N2CCCCC2C(=O)O)cc1OC. The number of carboxylic acid groups (broad SMARTS) is 1. The van der Waals surface area contributed by atoms with Gasteiger partial charge in [0.2, 0.25) is 0 Å². The highest BCUT2D eigenvalue weighted by Crippen LogP contribution is 2.43. The minimum Gasteiger partial charge on any atom is -0.493 e. The van der Waals surface area contributed by atoms with Crippen LogP contribution in [-0.2, 0) is 4.79 Å². The van der Waals surface area contributed by atoms with Crippen LogP contribution < -0.4 is 9.47 Å². The van der Waals surface area contributed by atoms with Crippen molar-refractivity contribution in [3.05, 3.63) is 56.5 Å². The third kappa shape index (κ3) is 4.21. The first-order valence-corrected chi connectivity index (χ1v) is 10.7. The van der Waals surface area contributed by atoms with Crippen LogP contribution in [0.2, 0.25) is 0 Å². The second-order valence-electron chi connectivity index (χ2n) is 6.74. The van der Waals surface area contributed by atoms with Gasteiger partial charge < -0.3 is 14.6 Å². The predicted molar refractivity (Wildman–Crippen MR) is 115 cm³/mol. The predicted octanol–water partition coefficient (Wildman–Crippen LogP) is 5.26. The molecule has 1 aliphatic rings. The number of hydrogen-bond acceptors (Lipinski definition) is 4. The van der Waals surface area contributed by atoms with Gasteiger partial charge in [-0.2, -0.15) is 0 Å². The topological polar surface area (TPSA) is 59.0 Å². The van der Waals surface area contributed by atoms with Gasteiger partial charge in [-0.3, -0.25) is 9.69 Å². The molecule has 0 aliphatic carbocycles. The molecule has 0 bridgehead atoms. The van der Waals surface area contributed by atoms with E-state index in [0.717, 1.165) is 32.9 Å². The maximum Gasteiger partial charge on any atom is 0.320 e. The molecule has 1 N–H and O–H groups in total. The van der Waals surface area contributed by atoms with E-state index in [4.69, 9.17) is 9.47 Å². The molecule has 2 aromatic carbocycles. The van der Waals surface area contributed by atoms with Gasteiger partial charge in [0, 0.05) is 8.95 Å². The minimum absolute atomic E-state index is 0.244. The number of carboxylic acids is 1. The molecule has 1 aliphatic heterocycles. The first-order valence-electron chi connectivity index (χ1n) is 9.12. The van der Waals surface area contributed by atoms with Crippen molar-refractivity contribution in [1.82, 2.24) is 4.90 Å². The Morgan fingerprint density at radius 3 is 2.39 bits per heavy atom. The van der Waals surface area contributed by atoms with E-state index in [9.17, 15) is 9.90 Å². The molecule has 2 unspecified atom stereocenters. The van der Waals surface area contributed by atoms with Crippen molar-refractivity contribution in [1.29, 1.82) is 0 Å². The molecule has 1 heterocycles. The number of halogens is 2. The van der Waals surface area contributed by atoms with Crippen molar-refractivity contribution in [2.75, 3.05) is 20.8 Å². The molecule has 0 spiro atoms. The average molecular weight is 513 g/mol. The van der Waals surface area contributed by atoms with Crippen LogP contribution in [0, 0.1) is 0 Å². The van der Waals surface area contributed by atoms with E-state index in [-0.39, 0.29) is 6.04 Å². The molecular weight excluding hydrogens is 490 g/mol. The molecule has 5 nitrogen and oxygen atoms in total. The van der Waals surface area contributed by atoms with Crippen molar-refractivity contribution in [2.45, 2.75) is 31.3 Å². The van der Waals surface area contributed by atoms with E-state index in [0.29, 0.717) is 24.5 Å². The fourth-order valence-electron chi connectivity index (χ4n) is 3.83. The van der Waals surface area contributed by atoms with Crippen molar-refractivity contribution in [3.63, 3.8) is 0 Å². The second kappa shape index (κ2) is 9.29. The maximum atomic E-state index is 12.0. The highest BCUT2D eigenvalue weighted by Gasteiger charge is 2.37. The maximum absolute atomic E-state index is 12.0. The van der Waals surface area contributed by atoms with Crippen LogP contribution in [-0.4, -0.2) is 42.8 Å². The molecule has 3 rings (SSSR count). The van der Waals surface area contributed by atoms with E-state index in [2.05, 4.69) is 36.8 Å². The number of piperidine rings is 1. The highest BCUT2D eigenvalue weighted by atomic mass is 79.9. The zero-order valence-corrected chi connectivity index (χ0v) is 19.0. The summed E-state index contributed by atoms with van der Waals surface area (Å²) in [5.74, 6) is 0.451. The molecule has 0 radical (unpaired) electrons. The van der Waals surface area contributed by atoms with Crippen LogP contribution in [0.3, 0.4) is 0 Å². The Morgan fingerprint density at radius 2 is 1.75 bits per heavy atom. The second-order valence-corrected chi connectivity index (χ2v) is 8.45. The minimum atomic E-state index is -0.784. The number of nitrogens with zero attached hydrogens (tertiary/aromatic N) is 1. The zero-order valence-electron chi connectivity index (χ0n) is 15.8. The smallest absolute Gasteiger partial charge is 0.320 e. The molecule has 150 valence electrons. The summed E-state index contributed by atoms with van der Waals surface area (Å²) < 4.78 is 12.7. The normalized spacial score (nSPS) is 18.5. The Bertz CT molecular complexity index is 858. The van der Waals surface area contributed by atoms with Crippen LogP contribution in [0.25, 0.3) is 0 Å². The molecular formula is C21H23Br2NO4. The van der Waals surface area contributed by atoms with Gasteiger partial charge in [-0.1, -0.05) is 56.5 Å². The number of ether oxygens (including phenoxy) is 2. The van der Waals surface area contributed by atoms with Gasteiger partial charge in [0.15, 0.2) is 11.5 Å². The first kappa shape index (κ1) is 21.1. The van der Waals surface area contributed by atoms with E-state index >= 15 is 0 Å². The first-order chi connectivity index (χ1) is 13.5. The van der Waals surface area contributed by atoms with Gasteiger partial charge in [0.05, 0.1) is 20.3 Å². The Hall–Kier alpha value is -1.57. The van der Waals surface area contributed by atoms with E-state index in [1.807, 2.05) is 36.4 Å². The monoisotopic (exact) mass is 511 g/mol. The summed E-state index contributed by atoms with van der Waals surface area (Å²) in [5.41, 5.74) is 1.96. The van der Waals surface area contributed by atoms with Crippen LogP contribution >= 0.6 is 31.9 Å². The summed E-state index contributed by atoms with van der Waals surface area (Å²) in [7, 11) is 3.20. The van der Waals surface area contributed by atoms with Crippen molar-refractivity contribution >= 4 is 37.8 Å². The molecule has 0 aromatic heterocycles. The van der Waals surface area contributed by atoms with E-state index in [1.165, 1.54) is 0 Å². The lowest BCUT2D eigenvalue weighted by Gasteiger charge is -2.40. The van der Waals surface area contributed by atoms with Gasteiger partial charge in [0.1, 0.15) is 6.04 Å². The molecule has 7 heteroatoms. The lowest BCUT2D eigenvalue weighted by atomic mass is 9.91. The zero-order chi connectivity index (χ0) is 20.3. The number of carbonyl (C=O) groups is 1. The van der Waals surface area contributed by atoms with Gasteiger partial charge in [-0.25, -0.2) is 0 Å². The van der Waals surface area contributed by atoms with Crippen molar-refractivity contribution < 1.29 is 19.4 Å². The van der Waals surface area contributed by atoms with Gasteiger partial charge in [0.25, 0.3) is 0 Å². The Morgan fingerprint density at radius 1 is 1.07 bits per heavy atom. The summed E-state index contributed by atoms with van der Waals surface area (Å²) in [5, 5.41) is 9.86. The standard InChI is InChI=1S/C21H23Br2NO4/c1-27-18-11-14(16(23)12-19(18)28-2)20(13-7-3-4-8-15(13)22)24-10-6-5-9-17(24)21(25)26/h3-4,7-8,11-12,17,20H,5-6,9-10H2,1-2H3,(H,25,26). The molecule has 0 amide bonds. The lowest BCUT2D eigenvalue weighted by Crippen LogP contribution is -2.47. The summed E-state index contributed by atoms with van der Waals surface area (Å²) in [6, 6.07) is 11.0. The summed E-state index contributed by atoms with van der Waals surface area (Å²) in [6.07, 6.45) is 2.53. The van der Waals surface area contributed by atoms with Gasteiger partial charge >= 0.3 is 5.97 Å². The third-order valence-corrected chi connectivity index (χ3v) is 6.57. The van der Waals surface area contributed by atoms with Crippen LogP contribution in [0.15, 0.2) is 45.3 Å². The van der Waals surface area contributed by atoms with Gasteiger partial charge in [-0.15, -0.1) is 0 Å². The molecule has 1 fully saturated rings. The fourth-order valence-corrected chi connectivity index (χ4v) is 4.87. The number of rotatable bonds is 6. The number of benzene rings is 2. The molecule has 28 heavy (non-hydrogen) atoms. The fraction of sp³-hybridized carbons (Fsp3) is 0.381. The Balaban J connectivity index is 2.20. The van der Waals surface area contributed by atoms with Gasteiger partial charge in [-0.05, 0) is 48.7 Å². The Labute approximate surface area is 181 Å². The number of aliphatic carboxylic acids is 1. The summed E-state index contributed by atoms with van der Waals surface area (Å²) in [6.45, 7) is 0.712. The van der Waals surface area contributed by atoms with E-state index < -0.39 is 12.0 Å². The quantitative estimate of drug-likeness (QED) is 0.572. The largest absolute Gasteiger partial charge is 0.493 e. The molecule has 2 atom stereocenters. The highest BCUT2D eigenvalue weighted by molar-refractivity contribution is 9.10. The van der Waals surface area contributed by atoms with Crippen LogP contribution in [0.1, 0.15) is 36.4 Å². The summed E-state index contributed by atoms with van der Waals surface area (Å²) >= 11 is 7.33. The van der Waals surface area contributed by atoms with Crippen LogP contribution in [0.5, 0.6) is 11.5 Å². The van der Waals surface area contributed by atoms with Crippen molar-refractivity contribution in [2.24, 2.45) is 0 Å². The number of likely N-dealkylation sites (tertiary alicyclic amines) is 1. The molecule has 1 saturated heterocycles. The molecule has 0 saturated carbocycles. The molecule has 2 aromatic rings. The average Bonchev–Trinajstić information content (AvgIpc) is 2.70. The Kier molecular flexibility index (Phi) is 7.01. The number of methoxy groups -OCH3 is 2. The summed E-state index contributed by atoms with van der Waals surface area (Å²) in [4.78, 5) is 14.1. The number of hydrogen-bond donors (Lipinski definition) is 1. The van der Waals surface area contributed by atoms with E-state index in [1.54, 1.807) is 14.2 Å². The lowest BCUT2D eigenvalue weighted by molar-refractivity contribution is -0.145. The van der Waals surface area contributed by atoms with Crippen molar-refractivity contribution in [3.8, 4) is 11.5 Å². The van der Waals surface area contributed by atoms with Crippen LogP contribution in [0.4, 0.5) is 0 Å². The third-order valence-electron chi connectivity index (χ3n) is 5.16.